The standard InChI is InChI=1S/C21H25F2P/c1-2-3-14-4-6-15(7-5-14)16-8-10-17(11-9-16)18-12-19(22)21(23)20(24)13-18/h8-15H,2-7,24H2,1H3. The van der Waals surface area contributed by atoms with Crippen LogP contribution in [-0.2, 0) is 0 Å². The molecule has 24 heavy (non-hydrogen) atoms. The molecule has 2 aromatic carbocycles. The lowest BCUT2D eigenvalue weighted by molar-refractivity contribution is 0.308. The summed E-state index contributed by atoms with van der Waals surface area (Å²) in [4.78, 5) is 0. The average molecular weight is 346 g/mol. The van der Waals surface area contributed by atoms with E-state index < -0.39 is 11.6 Å². The van der Waals surface area contributed by atoms with Crippen molar-refractivity contribution in [3.05, 3.63) is 53.6 Å². The molecule has 0 bridgehead atoms. The van der Waals surface area contributed by atoms with Crippen molar-refractivity contribution >= 4 is 14.5 Å². The van der Waals surface area contributed by atoms with Crippen LogP contribution in [0.5, 0.6) is 0 Å². The first-order valence-electron chi connectivity index (χ1n) is 8.93. The summed E-state index contributed by atoms with van der Waals surface area (Å²) >= 11 is 0. The van der Waals surface area contributed by atoms with E-state index in [2.05, 4.69) is 28.3 Å². The number of hydrogen-bond acceptors (Lipinski definition) is 0. The van der Waals surface area contributed by atoms with E-state index in [9.17, 15) is 8.78 Å². The van der Waals surface area contributed by atoms with Crippen LogP contribution in [0, 0.1) is 17.6 Å². The van der Waals surface area contributed by atoms with Gasteiger partial charge in [-0.3, -0.25) is 0 Å². The number of hydrogen-bond donors (Lipinski definition) is 0. The smallest absolute Gasteiger partial charge is 0.165 e. The second-order valence-corrected chi connectivity index (χ2v) is 7.61. The number of benzene rings is 2. The minimum absolute atomic E-state index is 0.267. The van der Waals surface area contributed by atoms with Crippen molar-refractivity contribution in [1.82, 2.24) is 0 Å². The Morgan fingerprint density at radius 1 is 0.958 bits per heavy atom. The Morgan fingerprint density at radius 3 is 2.21 bits per heavy atom. The fraction of sp³-hybridized carbons (Fsp3) is 0.429. The summed E-state index contributed by atoms with van der Waals surface area (Å²) in [7, 11) is 2.26. The first kappa shape index (κ1) is 17.5. The SMILES string of the molecule is CCCC1CCC(c2ccc(-c3cc(F)c(F)c(P)c3)cc2)CC1. The fourth-order valence-electron chi connectivity index (χ4n) is 3.92. The van der Waals surface area contributed by atoms with Crippen LogP contribution in [-0.4, -0.2) is 0 Å². The largest absolute Gasteiger partial charge is 0.204 e. The summed E-state index contributed by atoms with van der Waals surface area (Å²) < 4.78 is 27.0. The summed E-state index contributed by atoms with van der Waals surface area (Å²) in [6.07, 6.45) is 7.85. The van der Waals surface area contributed by atoms with Crippen LogP contribution in [0.2, 0.25) is 0 Å². The van der Waals surface area contributed by atoms with Gasteiger partial charge in [0.25, 0.3) is 0 Å². The summed E-state index contributed by atoms with van der Waals surface area (Å²) in [5.74, 6) is -0.0253. The maximum absolute atomic E-state index is 13.6. The lowest BCUT2D eigenvalue weighted by Gasteiger charge is -2.28. The minimum atomic E-state index is -0.796. The molecule has 1 aliphatic carbocycles. The molecule has 0 saturated heterocycles. The van der Waals surface area contributed by atoms with Crippen molar-refractivity contribution < 1.29 is 8.78 Å². The molecule has 2 aromatic rings. The topological polar surface area (TPSA) is 0 Å². The molecule has 0 radical (unpaired) electrons. The highest BCUT2D eigenvalue weighted by atomic mass is 31.0. The predicted molar refractivity (Wildman–Crippen MR) is 101 cm³/mol. The molecule has 3 rings (SSSR count). The molecule has 1 saturated carbocycles. The van der Waals surface area contributed by atoms with E-state index in [0.29, 0.717) is 5.92 Å². The van der Waals surface area contributed by atoms with Gasteiger partial charge in [0, 0.05) is 5.30 Å². The van der Waals surface area contributed by atoms with E-state index in [1.54, 1.807) is 6.07 Å². The van der Waals surface area contributed by atoms with Gasteiger partial charge in [-0.25, -0.2) is 8.78 Å². The van der Waals surface area contributed by atoms with Crippen molar-refractivity contribution in [3.63, 3.8) is 0 Å². The maximum atomic E-state index is 13.6. The zero-order valence-corrected chi connectivity index (χ0v) is 15.3. The van der Waals surface area contributed by atoms with Crippen LogP contribution >= 0.6 is 9.24 Å². The molecule has 0 aromatic heterocycles. The second-order valence-electron chi connectivity index (χ2n) is 6.99. The number of rotatable bonds is 4. The van der Waals surface area contributed by atoms with Crippen LogP contribution in [0.1, 0.15) is 56.9 Å². The Balaban J connectivity index is 1.72. The Bertz CT molecular complexity index is 662. The molecule has 0 amide bonds. The van der Waals surface area contributed by atoms with Gasteiger partial charge in [0.2, 0.25) is 0 Å². The lowest BCUT2D eigenvalue weighted by atomic mass is 9.77. The highest BCUT2D eigenvalue weighted by Crippen LogP contribution is 2.38. The van der Waals surface area contributed by atoms with Crippen molar-refractivity contribution in [2.75, 3.05) is 0 Å². The molecule has 1 aliphatic rings. The quantitative estimate of drug-likeness (QED) is 0.578. The third-order valence-corrected chi connectivity index (χ3v) is 5.74. The molecular weight excluding hydrogens is 321 g/mol. The van der Waals surface area contributed by atoms with E-state index >= 15 is 0 Å². The Morgan fingerprint density at radius 2 is 1.62 bits per heavy atom. The van der Waals surface area contributed by atoms with Gasteiger partial charge in [0.1, 0.15) is 0 Å². The predicted octanol–water partition coefficient (Wildman–Crippen LogP) is 6.21. The van der Waals surface area contributed by atoms with Crippen LogP contribution in [0.15, 0.2) is 36.4 Å². The van der Waals surface area contributed by atoms with Gasteiger partial charge in [0.15, 0.2) is 11.6 Å². The molecule has 0 N–H and O–H groups in total. The molecule has 3 heteroatoms. The van der Waals surface area contributed by atoms with E-state index in [1.807, 2.05) is 12.1 Å². The fourth-order valence-corrected chi connectivity index (χ4v) is 4.23. The van der Waals surface area contributed by atoms with Gasteiger partial charge in [-0.2, -0.15) is 0 Å². The van der Waals surface area contributed by atoms with Gasteiger partial charge in [-0.15, -0.1) is 9.24 Å². The van der Waals surface area contributed by atoms with Crippen molar-refractivity contribution in [3.8, 4) is 11.1 Å². The molecule has 128 valence electrons. The van der Waals surface area contributed by atoms with E-state index in [-0.39, 0.29) is 5.30 Å². The Labute approximate surface area is 145 Å². The van der Waals surface area contributed by atoms with Gasteiger partial charge in [-0.1, -0.05) is 44.0 Å². The van der Waals surface area contributed by atoms with E-state index in [0.717, 1.165) is 17.0 Å². The second kappa shape index (κ2) is 7.74. The Hall–Kier alpha value is -1.27. The number of halogens is 2. The Kier molecular flexibility index (Phi) is 5.66. The lowest BCUT2D eigenvalue weighted by Crippen LogP contribution is -2.13. The van der Waals surface area contributed by atoms with Crippen molar-refractivity contribution in [2.24, 2.45) is 5.92 Å². The summed E-state index contributed by atoms with van der Waals surface area (Å²) in [5.41, 5.74) is 3.03. The molecule has 0 aliphatic heterocycles. The van der Waals surface area contributed by atoms with E-state index in [4.69, 9.17) is 0 Å². The molecule has 0 heterocycles. The maximum Gasteiger partial charge on any atom is 0.165 e. The van der Waals surface area contributed by atoms with Gasteiger partial charge < -0.3 is 0 Å². The highest BCUT2D eigenvalue weighted by Gasteiger charge is 2.21. The van der Waals surface area contributed by atoms with Crippen LogP contribution in [0.3, 0.4) is 0 Å². The zero-order chi connectivity index (χ0) is 17.1. The molecular formula is C21H25F2P. The monoisotopic (exact) mass is 346 g/mol. The summed E-state index contributed by atoms with van der Waals surface area (Å²) in [6, 6.07) is 11.3. The van der Waals surface area contributed by atoms with Gasteiger partial charge in [0.05, 0.1) is 0 Å². The highest BCUT2D eigenvalue weighted by molar-refractivity contribution is 7.27. The normalized spacial score (nSPS) is 21.0. The zero-order valence-electron chi connectivity index (χ0n) is 14.2. The van der Waals surface area contributed by atoms with Crippen LogP contribution < -0.4 is 5.30 Å². The average Bonchev–Trinajstić information content (AvgIpc) is 2.60. The molecule has 1 atom stereocenters. The van der Waals surface area contributed by atoms with Crippen molar-refractivity contribution in [1.29, 1.82) is 0 Å². The molecule has 1 unspecified atom stereocenters. The summed E-state index contributed by atoms with van der Waals surface area (Å²) in [6.45, 7) is 2.27. The third kappa shape index (κ3) is 3.86. The first-order valence-corrected chi connectivity index (χ1v) is 9.51. The molecule has 1 fully saturated rings. The summed E-state index contributed by atoms with van der Waals surface area (Å²) in [5, 5.41) is 0.267. The van der Waals surface area contributed by atoms with Gasteiger partial charge >= 0.3 is 0 Å². The molecule has 0 spiro atoms. The minimum Gasteiger partial charge on any atom is -0.204 e. The molecule has 0 nitrogen and oxygen atoms in total. The van der Waals surface area contributed by atoms with Crippen LogP contribution in [0.4, 0.5) is 8.78 Å². The third-order valence-electron chi connectivity index (χ3n) is 5.32. The first-order chi connectivity index (χ1) is 11.6. The van der Waals surface area contributed by atoms with Crippen LogP contribution in [0.25, 0.3) is 11.1 Å². The van der Waals surface area contributed by atoms with Gasteiger partial charge in [-0.05, 0) is 66.3 Å². The van der Waals surface area contributed by atoms with Crippen molar-refractivity contribution in [2.45, 2.75) is 51.4 Å². The van der Waals surface area contributed by atoms with E-state index in [1.165, 1.54) is 50.2 Å².